The van der Waals surface area contributed by atoms with E-state index in [0.29, 0.717) is 21.9 Å². The summed E-state index contributed by atoms with van der Waals surface area (Å²) < 4.78 is 62.1. The Morgan fingerprint density at radius 2 is 1.25 bits per heavy atom. The molecule has 25 heteroatoms. The number of ether oxygens (including phenoxy) is 2. The fourth-order valence-corrected chi connectivity index (χ4v) is 8.12. The van der Waals surface area contributed by atoms with Crippen molar-refractivity contribution in [1.82, 2.24) is 39.0 Å². The van der Waals surface area contributed by atoms with Crippen molar-refractivity contribution in [3.63, 3.8) is 0 Å². The van der Waals surface area contributed by atoms with Crippen LogP contribution in [0.5, 0.6) is 0 Å². The molecule has 0 bridgehead atoms. The van der Waals surface area contributed by atoms with Gasteiger partial charge in [0.1, 0.15) is 25.9 Å². The van der Waals surface area contributed by atoms with E-state index in [1.165, 1.54) is 18.7 Å². The van der Waals surface area contributed by atoms with E-state index in [4.69, 9.17) is 50.6 Å². The molecule has 6 N–H and O–H groups in total. The molecule has 22 nitrogen and oxygen atoms in total. The number of halogens is 1. The Hall–Kier alpha value is -5.67. The Kier molecular flexibility index (Phi) is 18.4. The van der Waals surface area contributed by atoms with Crippen LogP contribution in [0.2, 0.25) is 5.02 Å². The lowest BCUT2D eigenvalue weighted by Crippen LogP contribution is -2.14. The number of anilines is 2. The first-order valence-electron chi connectivity index (χ1n) is 19.5. The third-order valence-electron chi connectivity index (χ3n) is 8.64. The lowest BCUT2D eigenvalue weighted by molar-refractivity contribution is -0.121. The van der Waals surface area contributed by atoms with Crippen molar-refractivity contribution in [3.05, 3.63) is 117 Å². The van der Waals surface area contributed by atoms with Crippen LogP contribution in [0, 0.1) is 0 Å². The molecule has 0 fully saturated rings. The first kappa shape index (κ1) is 49.3. The summed E-state index contributed by atoms with van der Waals surface area (Å²) in [5.74, 6) is -0.544. The minimum Gasteiger partial charge on any atom is -0.369 e. The Morgan fingerprint density at radius 1 is 0.750 bits per heavy atom. The molecule has 0 aliphatic carbocycles. The van der Waals surface area contributed by atoms with Crippen molar-refractivity contribution in [2.24, 2.45) is 0 Å². The number of fused-ring (bicyclic) bond motifs is 2. The van der Waals surface area contributed by atoms with Crippen LogP contribution in [0.15, 0.2) is 89.5 Å². The van der Waals surface area contributed by atoms with Gasteiger partial charge in [-0.3, -0.25) is 47.3 Å². The van der Waals surface area contributed by atoms with Gasteiger partial charge in [0.15, 0.2) is 33.9 Å². The van der Waals surface area contributed by atoms with Gasteiger partial charge in [0.05, 0.1) is 39.1 Å². The molecule has 6 rings (SSSR count). The highest BCUT2D eigenvalue weighted by atomic mass is 35.5. The van der Waals surface area contributed by atoms with Crippen molar-refractivity contribution < 1.29 is 46.3 Å². The number of rotatable bonds is 25. The van der Waals surface area contributed by atoms with Crippen molar-refractivity contribution in [1.29, 1.82) is 0 Å². The number of Topliss-reactive ketones (excluding diaryl/α,β-unsaturated/α-hetero) is 2. The number of aromatic amines is 2. The van der Waals surface area contributed by atoms with Gasteiger partial charge in [0, 0.05) is 31.0 Å². The highest BCUT2D eigenvalue weighted by molar-refractivity contribution is 7.53. The quantitative estimate of drug-likeness (QED) is 0.0334. The predicted molar refractivity (Wildman–Crippen MR) is 236 cm³/mol. The van der Waals surface area contributed by atoms with E-state index < -0.39 is 26.3 Å². The van der Waals surface area contributed by atoms with E-state index in [-0.39, 0.29) is 113 Å². The molecule has 4 aromatic heterocycles. The third-order valence-corrected chi connectivity index (χ3v) is 12.0. The molecule has 342 valence electrons. The van der Waals surface area contributed by atoms with Gasteiger partial charge >= 0.3 is 15.2 Å². The number of benzene rings is 2. The number of nitrogen functional groups attached to an aromatic ring is 2. The monoisotopic (exact) mass is 944 g/mol. The molecular weight excluding hydrogens is 898 g/mol. The number of carbonyl (C=O) groups excluding carboxylic acids is 2. The molecule has 0 spiro atoms. The van der Waals surface area contributed by atoms with E-state index in [0.717, 1.165) is 5.56 Å². The van der Waals surface area contributed by atoms with Crippen molar-refractivity contribution >= 4 is 72.6 Å². The van der Waals surface area contributed by atoms with Crippen LogP contribution in [0.25, 0.3) is 22.3 Å². The van der Waals surface area contributed by atoms with Gasteiger partial charge in [-0.05, 0) is 23.3 Å². The van der Waals surface area contributed by atoms with Gasteiger partial charge in [0.2, 0.25) is 11.9 Å². The number of ketones is 2. The molecule has 0 saturated heterocycles. The summed E-state index contributed by atoms with van der Waals surface area (Å²) >= 11 is 5.96. The number of nitrogens with zero attached hydrogens (tertiary/aromatic N) is 6. The molecular formula is C39H47ClN10O12P2. The van der Waals surface area contributed by atoms with E-state index in [1.54, 1.807) is 40.3 Å². The van der Waals surface area contributed by atoms with E-state index in [1.807, 2.05) is 30.3 Å². The zero-order valence-corrected chi connectivity index (χ0v) is 37.2. The van der Waals surface area contributed by atoms with Gasteiger partial charge < -0.3 is 39.1 Å². The molecule has 64 heavy (non-hydrogen) atoms. The fraction of sp³-hybridized carbons (Fsp3) is 0.333. The Bertz CT molecular complexity index is 2740. The van der Waals surface area contributed by atoms with Gasteiger partial charge in [-0.15, -0.1) is 6.58 Å². The van der Waals surface area contributed by atoms with Gasteiger partial charge in [-0.25, -0.2) is 9.97 Å². The maximum atomic E-state index is 13.1. The topological polar surface area (TPSA) is 303 Å². The van der Waals surface area contributed by atoms with Crippen LogP contribution in [0.3, 0.4) is 0 Å². The summed E-state index contributed by atoms with van der Waals surface area (Å²) in [6, 6.07) is 16.0. The van der Waals surface area contributed by atoms with Gasteiger partial charge in [-0.1, -0.05) is 67.1 Å². The van der Waals surface area contributed by atoms with Crippen LogP contribution in [-0.2, 0) is 72.6 Å². The van der Waals surface area contributed by atoms with Crippen molar-refractivity contribution in [2.45, 2.75) is 46.1 Å². The average molecular weight is 945 g/mol. The normalized spacial score (nSPS) is 13.2. The van der Waals surface area contributed by atoms with Crippen molar-refractivity contribution in [2.75, 3.05) is 50.6 Å². The Morgan fingerprint density at radius 3 is 1.75 bits per heavy atom. The number of carbonyl (C=O) groups is 2. The van der Waals surface area contributed by atoms with Crippen LogP contribution < -0.4 is 22.6 Å². The molecule has 2 atom stereocenters. The number of allylic oxidation sites excluding steroid dienone is 1. The number of hydrogen-bond donors (Lipinski definition) is 4. The van der Waals surface area contributed by atoms with E-state index in [9.17, 15) is 28.3 Å². The summed E-state index contributed by atoms with van der Waals surface area (Å²) in [6.07, 6.45) is 3.93. The highest BCUT2D eigenvalue weighted by Gasteiger charge is 2.28. The molecule has 0 radical (unpaired) electrons. The van der Waals surface area contributed by atoms with Crippen LogP contribution in [-0.4, -0.2) is 89.7 Å². The minimum absolute atomic E-state index is 0.0263. The number of imidazole rings is 2. The lowest BCUT2D eigenvalue weighted by Gasteiger charge is -2.18. The number of nitrogens with two attached hydrogens (primary N) is 2. The summed E-state index contributed by atoms with van der Waals surface area (Å²) in [4.78, 5) is 68.0. The fourth-order valence-electron chi connectivity index (χ4n) is 5.38. The Balaban J connectivity index is 0.000000241. The summed E-state index contributed by atoms with van der Waals surface area (Å²) in [5.41, 5.74) is 12.7. The van der Waals surface area contributed by atoms with Crippen LogP contribution in [0.4, 0.5) is 11.9 Å². The summed E-state index contributed by atoms with van der Waals surface area (Å²) in [7, 11) is -7.46. The van der Waals surface area contributed by atoms with E-state index in [2.05, 4.69) is 36.5 Å². The molecule has 6 aromatic rings. The van der Waals surface area contributed by atoms with Crippen LogP contribution >= 0.6 is 26.8 Å². The number of nitrogens with one attached hydrogen (secondary N) is 2. The minimum atomic E-state index is -3.74. The second-order valence-electron chi connectivity index (χ2n) is 13.6. The molecule has 2 unspecified atom stereocenters. The highest BCUT2D eigenvalue weighted by Crippen LogP contribution is 2.50. The average Bonchev–Trinajstić information content (AvgIpc) is 3.88. The number of aromatic nitrogens is 8. The number of H-pyrrole nitrogens is 2. The van der Waals surface area contributed by atoms with Crippen LogP contribution in [0.1, 0.15) is 30.9 Å². The predicted octanol–water partition coefficient (Wildman–Crippen LogP) is 4.98. The molecule has 0 amide bonds. The van der Waals surface area contributed by atoms with Gasteiger partial charge in [-0.2, -0.15) is 9.97 Å². The zero-order chi connectivity index (χ0) is 46.1. The first-order valence-corrected chi connectivity index (χ1v) is 23.3. The maximum Gasteiger partial charge on any atom is 0.356 e. The number of hydrogen-bond acceptors (Lipinski definition) is 18. The first-order chi connectivity index (χ1) is 30.7. The second-order valence-corrected chi connectivity index (χ2v) is 18.0. The lowest BCUT2D eigenvalue weighted by atomic mass is 10.2. The smallest absolute Gasteiger partial charge is 0.356 e. The standard InChI is InChI=1S/C20H24N5O6P.C19H23ClN5O6P/c1-2-6-16(26)12-31-32(28,30-11-15-7-4-3-5-8-15)14-29-10-9-25-13-22-17-18(25)23-20(21)24-19(17)27;1-2-15(26)10-31-32(28,30-9-13-4-3-5-14(20)8-13)12-29-7-6-25-11-22-16-17(25)23-19(21)24-18(16)27/h2-5,7-8,13H,1,6,9-12,14H2,(H3,21,23,24,27);3-5,8,11H,2,6-7,9-10,12H2,1H3,(H3,21,23,24,27). The molecule has 2 aromatic carbocycles. The largest absolute Gasteiger partial charge is 0.369 e. The Labute approximate surface area is 370 Å². The second kappa shape index (κ2) is 23.9. The van der Waals surface area contributed by atoms with Crippen molar-refractivity contribution in [3.8, 4) is 0 Å². The maximum absolute atomic E-state index is 13.1. The SMILES string of the molecule is C=CCC(=O)COP(=O)(COCCn1cnc2c(=O)[nH]c(N)nc21)OCc1ccccc1.CCC(=O)COP(=O)(COCCn1cnc2c(=O)[nH]c(N)nc21)OCc1cccc(Cl)c1. The molecule has 0 aliphatic heterocycles. The summed E-state index contributed by atoms with van der Waals surface area (Å²) in [6.45, 7) is 5.18. The zero-order valence-electron chi connectivity index (χ0n) is 34.6. The molecule has 0 saturated carbocycles. The van der Waals surface area contributed by atoms with E-state index >= 15 is 0 Å². The third kappa shape index (κ3) is 15.0. The molecule has 0 aliphatic rings. The summed E-state index contributed by atoms with van der Waals surface area (Å²) in [5, 5.41) is 0.514. The molecule has 4 heterocycles. The van der Waals surface area contributed by atoms with Gasteiger partial charge in [0.25, 0.3) is 11.1 Å².